The van der Waals surface area contributed by atoms with Crippen molar-refractivity contribution in [3.63, 3.8) is 0 Å². The van der Waals surface area contributed by atoms with Gasteiger partial charge in [-0.15, -0.1) is 8.58 Å². The number of unbranched alkanes of at least 4 members (excludes halogenated alkanes) is 1. The van der Waals surface area contributed by atoms with E-state index in [9.17, 15) is 4.79 Å². The van der Waals surface area contributed by atoms with Gasteiger partial charge in [0.15, 0.2) is 0 Å². The van der Waals surface area contributed by atoms with Crippen molar-refractivity contribution in [1.82, 2.24) is 4.90 Å². The van der Waals surface area contributed by atoms with E-state index in [4.69, 9.17) is 9.47 Å². The largest absolute Gasteiger partial charge is 0.449 e. The van der Waals surface area contributed by atoms with Gasteiger partial charge in [0, 0.05) is 13.1 Å². The molecular weight excluding hydrogens is 225 g/mol. The zero-order valence-electron chi connectivity index (χ0n) is 10.0. The van der Waals surface area contributed by atoms with Gasteiger partial charge >= 0.3 is 6.09 Å². The van der Waals surface area contributed by atoms with Crippen molar-refractivity contribution in [2.75, 3.05) is 45.2 Å². The molecule has 0 aliphatic carbocycles. The van der Waals surface area contributed by atoms with Gasteiger partial charge in [0.2, 0.25) is 0 Å². The third-order valence-corrected chi connectivity index (χ3v) is 3.70. The fourth-order valence-electron chi connectivity index (χ4n) is 1.53. The standard InChI is InChI=1S/C11H22NO3P/c1-2-16-10-4-3-7-15-11(13)12-5-8-14-9-6-12/h16H,2-10H2,1H3. The Bertz CT molecular complexity index is 196. The van der Waals surface area contributed by atoms with Gasteiger partial charge in [-0.25, -0.2) is 4.79 Å². The predicted octanol–water partition coefficient (Wildman–Crippen LogP) is 1.93. The highest BCUT2D eigenvalue weighted by Gasteiger charge is 2.17. The van der Waals surface area contributed by atoms with Gasteiger partial charge in [-0.3, -0.25) is 0 Å². The number of carbonyl (C=O) groups excluding carboxylic acids is 1. The van der Waals surface area contributed by atoms with Crippen molar-refractivity contribution in [2.45, 2.75) is 19.8 Å². The maximum Gasteiger partial charge on any atom is 0.409 e. The summed E-state index contributed by atoms with van der Waals surface area (Å²) >= 11 is 0. The molecule has 4 nitrogen and oxygen atoms in total. The molecule has 5 heteroatoms. The third kappa shape index (κ3) is 5.66. The van der Waals surface area contributed by atoms with E-state index < -0.39 is 0 Å². The molecule has 94 valence electrons. The lowest BCUT2D eigenvalue weighted by atomic mass is 10.4. The topological polar surface area (TPSA) is 38.8 Å². The molecule has 0 N–H and O–H groups in total. The van der Waals surface area contributed by atoms with Crippen molar-refractivity contribution in [3.05, 3.63) is 0 Å². The molecule has 0 bridgehead atoms. The summed E-state index contributed by atoms with van der Waals surface area (Å²) in [6.07, 6.45) is 4.52. The van der Waals surface area contributed by atoms with Gasteiger partial charge in [-0.05, 0) is 25.2 Å². The van der Waals surface area contributed by atoms with E-state index in [0.29, 0.717) is 32.9 Å². The lowest BCUT2D eigenvalue weighted by Gasteiger charge is -2.25. The second kappa shape index (κ2) is 8.77. The molecule has 1 unspecified atom stereocenters. The molecular formula is C11H22NO3P. The molecule has 0 radical (unpaired) electrons. The van der Waals surface area contributed by atoms with Gasteiger partial charge < -0.3 is 14.4 Å². The fourth-order valence-corrected chi connectivity index (χ4v) is 2.38. The SMILES string of the molecule is CCPCCCCOC(=O)N1CCOCC1. The summed E-state index contributed by atoms with van der Waals surface area (Å²) in [6.45, 7) is 5.35. The number of hydrogen-bond donors (Lipinski definition) is 0. The predicted molar refractivity (Wildman–Crippen MR) is 66.7 cm³/mol. The molecule has 1 atom stereocenters. The van der Waals surface area contributed by atoms with Crippen LogP contribution in [0.25, 0.3) is 0 Å². The Morgan fingerprint density at radius 2 is 2.12 bits per heavy atom. The molecule has 0 aromatic heterocycles. The van der Waals surface area contributed by atoms with Crippen LogP contribution in [0, 0.1) is 0 Å². The maximum absolute atomic E-state index is 11.5. The molecule has 16 heavy (non-hydrogen) atoms. The van der Waals surface area contributed by atoms with E-state index in [2.05, 4.69) is 6.92 Å². The van der Waals surface area contributed by atoms with Gasteiger partial charge in [-0.2, -0.15) is 0 Å². The highest BCUT2D eigenvalue weighted by Crippen LogP contribution is 2.11. The Morgan fingerprint density at radius 1 is 1.38 bits per heavy atom. The number of amides is 1. The number of morpholine rings is 1. The molecule has 1 heterocycles. The van der Waals surface area contributed by atoms with Gasteiger partial charge in [-0.1, -0.05) is 6.92 Å². The molecule has 1 fully saturated rings. The van der Waals surface area contributed by atoms with Crippen molar-refractivity contribution in [3.8, 4) is 0 Å². The second-order valence-electron chi connectivity index (χ2n) is 3.77. The number of nitrogens with zero attached hydrogens (tertiary/aromatic N) is 1. The Hall–Kier alpha value is -0.340. The van der Waals surface area contributed by atoms with Crippen molar-refractivity contribution in [2.24, 2.45) is 0 Å². The minimum atomic E-state index is -0.179. The molecule has 1 amide bonds. The number of ether oxygens (including phenoxy) is 2. The van der Waals surface area contributed by atoms with Crippen LogP contribution in [0.5, 0.6) is 0 Å². The molecule has 0 aromatic carbocycles. The quantitative estimate of drug-likeness (QED) is 0.532. The second-order valence-corrected chi connectivity index (χ2v) is 5.48. The van der Waals surface area contributed by atoms with Gasteiger partial charge in [0.05, 0.1) is 19.8 Å². The zero-order chi connectivity index (χ0) is 11.6. The zero-order valence-corrected chi connectivity index (χ0v) is 11.0. The summed E-state index contributed by atoms with van der Waals surface area (Å²) in [7, 11) is 1.06. The summed E-state index contributed by atoms with van der Waals surface area (Å²) in [5.74, 6) is 0. The first-order chi connectivity index (χ1) is 7.84. The summed E-state index contributed by atoms with van der Waals surface area (Å²) in [4.78, 5) is 13.3. The summed E-state index contributed by atoms with van der Waals surface area (Å²) in [6, 6.07) is 0. The molecule has 0 saturated carbocycles. The van der Waals surface area contributed by atoms with E-state index in [1.165, 1.54) is 18.7 Å². The Kier molecular flexibility index (Phi) is 7.52. The molecule has 1 rings (SSSR count). The van der Waals surface area contributed by atoms with Crippen LogP contribution in [0.4, 0.5) is 4.79 Å². The van der Waals surface area contributed by atoms with Gasteiger partial charge in [0.25, 0.3) is 0 Å². The average molecular weight is 247 g/mol. The molecule has 1 aliphatic rings. The number of carbonyl (C=O) groups is 1. The highest BCUT2D eigenvalue weighted by molar-refractivity contribution is 7.37. The van der Waals surface area contributed by atoms with Crippen LogP contribution in [0.15, 0.2) is 0 Å². The lowest BCUT2D eigenvalue weighted by molar-refractivity contribution is 0.0269. The normalized spacial score (nSPS) is 16.9. The van der Waals surface area contributed by atoms with Crippen molar-refractivity contribution < 1.29 is 14.3 Å². The average Bonchev–Trinajstić information content (AvgIpc) is 2.34. The number of rotatable bonds is 6. The van der Waals surface area contributed by atoms with Crippen molar-refractivity contribution in [1.29, 1.82) is 0 Å². The van der Waals surface area contributed by atoms with Gasteiger partial charge in [0.1, 0.15) is 0 Å². The first kappa shape index (κ1) is 13.7. The molecule has 1 saturated heterocycles. The fraction of sp³-hybridized carbons (Fsp3) is 0.909. The summed E-state index contributed by atoms with van der Waals surface area (Å²) in [5.41, 5.74) is 0. The number of hydrogen-bond acceptors (Lipinski definition) is 3. The van der Waals surface area contributed by atoms with Crippen LogP contribution in [0.2, 0.25) is 0 Å². The van der Waals surface area contributed by atoms with Crippen molar-refractivity contribution >= 4 is 14.7 Å². The monoisotopic (exact) mass is 247 g/mol. The molecule has 0 aromatic rings. The van der Waals surface area contributed by atoms with Crippen LogP contribution in [-0.4, -0.2) is 56.2 Å². The minimum absolute atomic E-state index is 0.179. The molecule has 1 aliphatic heterocycles. The maximum atomic E-state index is 11.5. The summed E-state index contributed by atoms with van der Waals surface area (Å²) in [5, 5.41) is 0. The van der Waals surface area contributed by atoms with E-state index >= 15 is 0 Å². The van der Waals surface area contributed by atoms with Crippen LogP contribution >= 0.6 is 8.58 Å². The van der Waals surface area contributed by atoms with E-state index in [1.54, 1.807) is 4.90 Å². The van der Waals surface area contributed by atoms with E-state index in [0.717, 1.165) is 15.0 Å². The Balaban J connectivity index is 1.97. The minimum Gasteiger partial charge on any atom is -0.449 e. The Labute approximate surface area is 99.4 Å². The smallest absolute Gasteiger partial charge is 0.409 e. The Morgan fingerprint density at radius 3 is 2.81 bits per heavy atom. The molecule has 0 spiro atoms. The lowest BCUT2D eigenvalue weighted by Crippen LogP contribution is -2.41. The highest BCUT2D eigenvalue weighted by atomic mass is 31.1. The van der Waals surface area contributed by atoms with E-state index in [1.807, 2.05) is 0 Å². The first-order valence-corrected chi connectivity index (χ1v) is 7.46. The van der Waals surface area contributed by atoms with Crippen LogP contribution in [0.1, 0.15) is 19.8 Å². The first-order valence-electron chi connectivity index (χ1n) is 6.04. The van der Waals surface area contributed by atoms with E-state index in [-0.39, 0.29) is 6.09 Å². The summed E-state index contributed by atoms with van der Waals surface area (Å²) < 4.78 is 10.4. The van der Waals surface area contributed by atoms with Crippen LogP contribution < -0.4 is 0 Å². The van der Waals surface area contributed by atoms with Crippen LogP contribution in [-0.2, 0) is 9.47 Å². The van der Waals surface area contributed by atoms with Crippen LogP contribution in [0.3, 0.4) is 0 Å². The third-order valence-electron chi connectivity index (χ3n) is 2.49.